The van der Waals surface area contributed by atoms with Crippen LogP contribution in [0.15, 0.2) is 147 Å². The summed E-state index contributed by atoms with van der Waals surface area (Å²) in [5, 5.41) is 20.9. The molecule has 2 aliphatic heterocycles. The Balaban J connectivity index is 1.18. The molecule has 2 aromatic heterocycles. The number of carbonyl (C=O) groups excluding carboxylic acids is 3. The standard InChI is InChI=1S/C44H35N5O9S2/c1-2-57-33-21-30(40-36(29-17-19-59-24-29)39(48-44(53)49-40)28-14-9-18-45-23-28)20-31(41(33)50)42(51)58-32-16-15-27(22-34(32)60(54,55)56)38-35(25-10-5-3-6-11-25)37(46-43(52)47-38)26-12-7-4-8-13-26/h3-24,35-36,38,40,50H,2H2,1H3,(H,47,52)(H,49,53)(H,54,55,56)/t35?,36?,38?,40-/m1/s1. The van der Waals surface area contributed by atoms with Crippen LogP contribution in [-0.2, 0) is 10.1 Å². The Morgan fingerprint density at radius 1 is 0.750 bits per heavy atom. The van der Waals surface area contributed by atoms with Crippen molar-refractivity contribution in [1.29, 1.82) is 0 Å². The van der Waals surface area contributed by atoms with Crippen molar-refractivity contribution in [3.05, 3.63) is 171 Å². The van der Waals surface area contributed by atoms with Gasteiger partial charge in [0.25, 0.3) is 10.1 Å². The van der Waals surface area contributed by atoms with Crippen molar-refractivity contribution in [3.8, 4) is 17.2 Å². The van der Waals surface area contributed by atoms with Crippen molar-refractivity contribution in [2.75, 3.05) is 6.61 Å². The summed E-state index contributed by atoms with van der Waals surface area (Å²) in [5.41, 5.74) is 3.90. The molecule has 0 radical (unpaired) electrons. The molecule has 4 aromatic carbocycles. The molecular weight excluding hydrogens is 807 g/mol. The zero-order valence-electron chi connectivity index (χ0n) is 31.6. The van der Waals surface area contributed by atoms with E-state index in [1.165, 1.54) is 35.6 Å². The van der Waals surface area contributed by atoms with E-state index in [4.69, 9.17) is 9.47 Å². The number of aromatic nitrogens is 1. The summed E-state index contributed by atoms with van der Waals surface area (Å²) in [6.07, 6.45) is 3.19. The maximum Gasteiger partial charge on any atom is 0.347 e. The van der Waals surface area contributed by atoms with E-state index >= 15 is 0 Å². The van der Waals surface area contributed by atoms with E-state index in [1.54, 1.807) is 31.5 Å². The Bertz CT molecular complexity index is 2770. The molecule has 3 unspecified atom stereocenters. The second-order valence-corrected chi connectivity index (χ2v) is 16.0. The minimum Gasteiger partial charge on any atom is -0.504 e. The predicted octanol–water partition coefficient (Wildman–Crippen LogP) is 7.79. The molecule has 302 valence electrons. The van der Waals surface area contributed by atoms with Crippen LogP contribution in [0.25, 0.3) is 0 Å². The van der Waals surface area contributed by atoms with E-state index in [0.29, 0.717) is 28.1 Å². The highest BCUT2D eigenvalue weighted by molar-refractivity contribution is 7.86. The number of ether oxygens (including phenoxy) is 2. The number of hydrogen-bond acceptors (Lipinski definition) is 10. The van der Waals surface area contributed by atoms with Crippen LogP contribution in [0.2, 0.25) is 0 Å². The molecule has 60 heavy (non-hydrogen) atoms. The zero-order chi connectivity index (χ0) is 42.0. The highest BCUT2D eigenvalue weighted by atomic mass is 32.2. The van der Waals surface area contributed by atoms with Crippen LogP contribution < -0.4 is 20.1 Å². The molecule has 14 nitrogen and oxygen atoms in total. The SMILES string of the molecule is CCOc1cc([C@H]2NC(=O)N=C(c3cccnc3)C2c2ccsc2)cc(C(=O)Oc2ccc(C3NC(=O)N=C(c4ccccc4)C3c3ccccc3)cc2S(=O)(=O)O)c1O. The van der Waals surface area contributed by atoms with Gasteiger partial charge in [0, 0.05) is 18.0 Å². The highest BCUT2D eigenvalue weighted by Gasteiger charge is 2.39. The number of thiophene rings is 1. The summed E-state index contributed by atoms with van der Waals surface area (Å²) in [5.74, 6) is -3.65. The largest absolute Gasteiger partial charge is 0.504 e. The Kier molecular flexibility index (Phi) is 11.1. The van der Waals surface area contributed by atoms with Gasteiger partial charge in [-0.15, -0.1) is 0 Å². The van der Waals surface area contributed by atoms with Crippen LogP contribution in [0.5, 0.6) is 17.2 Å². The Morgan fingerprint density at radius 2 is 1.40 bits per heavy atom. The van der Waals surface area contributed by atoms with E-state index < -0.39 is 74.0 Å². The van der Waals surface area contributed by atoms with Gasteiger partial charge in [0.1, 0.15) is 10.5 Å². The number of benzene rings is 4. The van der Waals surface area contributed by atoms with Gasteiger partial charge in [0.15, 0.2) is 17.2 Å². The van der Waals surface area contributed by atoms with Gasteiger partial charge in [0.05, 0.1) is 41.9 Å². The summed E-state index contributed by atoms with van der Waals surface area (Å²) in [7, 11) is -5.08. The fraction of sp³-hybridized carbons (Fsp3) is 0.136. The minimum atomic E-state index is -5.08. The maximum absolute atomic E-state index is 14.1. The molecule has 6 aromatic rings. The first-order valence-corrected chi connectivity index (χ1v) is 21.0. The smallest absolute Gasteiger partial charge is 0.347 e. The number of aromatic hydroxyl groups is 1. The first-order valence-electron chi connectivity index (χ1n) is 18.6. The van der Waals surface area contributed by atoms with Crippen molar-refractivity contribution in [2.45, 2.75) is 35.7 Å². The lowest BCUT2D eigenvalue weighted by Gasteiger charge is -2.33. The number of carbonyl (C=O) groups is 3. The van der Waals surface area contributed by atoms with E-state index in [1.807, 2.05) is 77.5 Å². The topological polar surface area (TPSA) is 206 Å². The number of amides is 4. The number of phenolic OH excluding ortho intramolecular Hbond substituents is 1. The lowest BCUT2D eigenvalue weighted by Crippen LogP contribution is -2.40. The van der Waals surface area contributed by atoms with Crippen molar-refractivity contribution in [1.82, 2.24) is 15.6 Å². The molecule has 0 fully saturated rings. The monoisotopic (exact) mass is 841 g/mol. The van der Waals surface area contributed by atoms with Crippen molar-refractivity contribution >= 4 is 50.9 Å². The third kappa shape index (κ3) is 8.03. The van der Waals surface area contributed by atoms with Gasteiger partial charge in [-0.1, -0.05) is 72.8 Å². The van der Waals surface area contributed by atoms with E-state index in [-0.39, 0.29) is 17.9 Å². The average Bonchev–Trinajstić information content (AvgIpc) is 3.79. The van der Waals surface area contributed by atoms with Gasteiger partial charge in [-0.25, -0.2) is 14.4 Å². The molecule has 0 saturated heterocycles. The Hall–Kier alpha value is -7.01. The molecule has 2 aliphatic rings. The third-order valence-electron chi connectivity index (χ3n) is 10.1. The fourth-order valence-electron chi connectivity index (χ4n) is 7.54. The summed E-state index contributed by atoms with van der Waals surface area (Å²) >= 11 is 1.44. The Morgan fingerprint density at radius 3 is 2.03 bits per heavy atom. The average molecular weight is 842 g/mol. The van der Waals surface area contributed by atoms with E-state index in [2.05, 4.69) is 25.6 Å². The molecular formula is C44H35N5O9S2. The summed E-state index contributed by atoms with van der Waals surface area (Å²) in [6, 6.07) is 27.3. The fourth-order valence-corrected chi connectivity index (χ4v) is 8.88. The molecule has 4 N–H and O–H groups in total. The lowest BCUT2D eigenvalue weighted by molar-refractivity contribution is 0.0725. The highest BCUT2D eigenvalue weighted by Crippen LogP contribution is 2.43. The van der Waals surface area contributed by atoms with Gasteiger partial charge >= 0.3 is 18.0 Å². The summed E-state index contributed by atoms with van der Waals surface area (Å²) in [6.45, 7) is 1.77. The molecule has 16 heteroatoms. The van der Waals surface area contributed by atoms with Gasteiger partial charge in [0.2, 0.25) is 0 Å². The molecule has 0 bridgehead atoms. The van der Waals surface area contributed by atoms with Gasteiger partial charge < -0.3 is 25.2 Å². The molecule has 4 atom stereocenters. The first kappa shape index (κ1) is 39.8. The van der Waals surface area contributed by atoms with Crippen LogP contribution in [0, 0.1) is 0 Å². The van der Waals surface area contributed by atoms with Gasteiger partial charge in [-0.2, -0.15) is 29.7 Å². The van der Waals surface area contributed by atoms with Crippen LogP contribution in [0.1, 0.15) is 74.6 Å². The van der Waals surface area contributed by atoms with Crippen LogP contribution in [-0.4, -0.2) is 59.1 Å². The lowest BCUT2D eigenvalue weighted by atomic mass is 9.80. The maximum atomic E-state index is 14.1. The van der Waals surface area contributed by atoms with Crippen molar-refractivity contribution < 1.29 is 41.9 Å². The molecule has 0 spiro atoms. The first-order chi connectivity index (χ1) is 29.0. The van der Waals surface area contributed by atoms with Crippen LogP contribution in [0.3, 0.4) is 0 Å². The summed E-state index contributed by atoms with van der Waals surface area (Å²) < 4.78 is 48.0. The number of nitrogens with one attached hydrogen (secondary N) is 2. The Labute approximate surface area is 348 Å². The predicted molar refractivity (Wildman–Crippen MR) is 223 cm³/mol. The van der Waals surface area contributed by atoms with Crippen LogP contribution >= 0.6 is 11.3 Å². The number of urea groups is 2. The van der Waals surface area contributed by atoms with Gasteiger partial charge in [-0.05, 0) is 81.9 Å². The zero-order valence-corrected chi connectivity index (χ0v) is 33.3. The number of rotatable bonds is 11. The molecule has 0 aliphatic carbocycles. The van der Waals surface area contributed by atoms with Crippen molar-refractivity contribution in [3.63, 3.8) is 0 Å². The van der Waals surface area contributed by atoms with E-state index in [0.717, 1.165) is 17.2 Å². The minimum absolute atomic E-state index is 0.0889. The number of pyridine rings is 1. The molecule has 8 rings (SSSR count). The van der Waals surface area contributed by atoms with E-state index in [9.17, 15) is 32.5 Å². The quantitative estimate of drug-likeness (QED) is 0.0566. The second kappa shape index (κ2) is 16.7. The van der Waals surface area contributed by atoms with Gasteiger partial charge in [-0.3, -0.25) is 9.54 Å². The third-order valence-corrected chi connectivity index (χ3v) is 11.7. The number of hydrogen-bond donors (Lipinski definition) is 4. The molecule has 4 heterocycles. The molecule has 4 amide bonds. The number of phenols is 1. The molecule has 0 saturated carbocycles. The van der Waals surface area contributed by atoms with Crippen LogP contribution in [0.4, 0.5) is 9.59 Å². The van der Waals surface area contributed by atoms with Crippen molar-refractivity contribution in [2.24, 2.45) is 9.98 Å². The number of esters is 1. The normalized spacial score (nSPS) is 19.0. The second-order valence-electron chi connectivity index (χ2n) is 13.8. The number of nitrogens with zero attached hydrogens (tertiary/aromatic N) is 3. The number of aliphatic imine (C=N–C) groups is 2. The summed E-state index contributed by atoms with van der Waals surface area (Å²) in [4.78, 5) is 52.5.